The minimum absolute atomic E-state index is 0.0477. The normalized spacial score (nSPS) is 14.0. The van der Waals surface area contributed by atoms with E-state index in [-0.39, 0.29) is 44.3 Å². The van der Waals surface area contributed by atoms with Crippen LogP contribution in [0.5, 0.6) is 17.4 Å². The van der Waals surface area contributed by atoms with Gasteiger partial charge >= 0.3 is 27.4 Å². The van der Waals surface area contributed by atoms with Crippen LogP contribution in [0.15, 0.2) is 49.1 Å². The Balaban J connectivity index is 0.000000385. The quantitative estimate of drug-likeness (QED) is 0.0117. The predicted octanol–water partition coefficient (Wildman–Crippen LogP) is 7.89. The van der Waals surface area contributed by atoms with Crippen molar-refractivity contribution in [1.29, 1.82) is 0 Å². The fraction of sp³-hybridized carbons (Fsp3) is 0.488. The Bertz CT molecular complexity index is 2280. The number of carbonyl (C=O) groups is 2. The number of halogens is 5. The summed E-state index contributed by atoms with van der Waals surface area (Å²) in [7, 11) is -7.66. The third kappa shape index (κ3) is 17.4. The van der Waals surface area contributed by atoms with Crippen LogP contribution in [0.4, 0.5) is 27.9 Å². The Kier molecular flexibility index (Phi) is 22.6. The number of nitrogens with one attached hydrogen (secondary N) is 2. The molecule has 0 fully saturated rings. The maximum absolute atomic E-state index is 13.6. The van der Waals surface area contributed by atoms with Gasteiger partial charge in [0.1, 0.15) is 24.6 Å². The number of benzene rings is 2. The second-order valence-electron chi connectivity index (χ2n) is 14.5. The molecule has 0 radical (unpaired) electrons. The predicted molar refractivity (Wildman–Crippen MR) is 233 cm³/mol. The molecular weight excluding hydrogens is 939 g/mol. The number of anilines is 1. The highest BCUT2D eigenvalue weighted by atomic mass is 31.2. The lowest BCUT2D eigenvalue weighted by atomic mass is 10.1. The monoisotopic (exact) mass is 995 g/mol. The molecule has 26 heteroatoms. The molecule has 0 aliphatic heterocycles. The molecule has 0 spiro atoms. The van der Waals surface area contributed by atoms with E-state index >= 15 is 0 Å². The number of imidazole rings is 1. The smallest absolute Gasteiger partial charge is 0.459 e. The van der Waals surface area contributed by atoms with E-state index in [0.29, 0.717) is 29.5 Å². The van der Waals surface area contributed by atoms with Crippen LogP contribution in [0.25, 0.3) is 11.3 Å². The minimum Gasteiger partial charge on any atom is -0.480 e. The fourth-order valence-electron chi connectivity index (χ4n) is 5.48. The maximum atomic E-state index is 13.6. The van der Waals surface area contributed by atoms with Crippen LogP contribution in [-0.2, 0) is 44.2 Å². The minimum atomic E-state index is -5.18. The van der Waals surface area contributed by atoms with Gasteiger partial charge in [0.2, 0.25) is 46.7 Å². The van der Waals surface area contributed by atoms with Crippen LogP contribution in [-0.4, -0.2) is 82.0 Å². The molecule has 4 atom stereocenters. The van der Waals surface area contributed by atoms with Crippen LogP contribution in [0.3, 0.4) is 0 Å². The number of hydrogen-bond acceptors (Lipinski definition) is 15. The van der Waals surface area contributed by atoms with Crippen molar-refractivity contribution in [3.05, 3.63) is 78.1 Å². The summed E-state index contributed by atoms with van der Waals surface area (Å²) in [4.78, 5) is 46.3. The number of para-hydroxylation sites is 1. The second-order valence-corrected chi connectivity index (χ2v) is 17.7. The number of methoxy groups -OCH3 is 1. The molecule has 0 aliphatic rings. The highest BCUT2D eigenvalue weighted by Gasteiger charge is 2.35. The highest BCUT2D eigenvalue weighted by Crippen LogP contribution is 2.45. The second kappa shape index (κ2) is 26.9. The Morgan fingerprint density at radius 3 is 1.87 bits per heavy atom. The highest BCUT2D eigenvalue weighted by molar-refractivity contribution is 7.52. The van der Waals surface area contributed by atoms with Crippen LogP contribution < -0.4 is 29.7 Å². The molecule has 2 aromatic carbocycles. The first-order valence-electron chi connectivity index (χ1n) is 20.9. The molecular formula is C41H56F5N7O12P2. The SMILES string of the molecule is CCC(CC)COC(=O)[C@H](C)NP(=O)(O)Oc1c(F)c(F)c(F)c(F)c1F.CCC(CC)COC(=O)[C@H](C)NP(=O)(OCCOCn1cnc(-c2cnc(N)nc2OC)c1)Oc1ccccc1. The average molecular weight is 996 g/mol. The van der Waals surface area contributed by atoms with Crippen molar-refractivity contribution in [2.45, 2.75) is 86.0 Å². The Morgan fingerprint density at radius 2 is 1.33 bits per heavy atom. The molecule has 5 N–H and O–H groups in total. The lowest BCUT2D eigenvalue weighted by Crippen LogP contribution is -2.36. The third-order valence-electron chi connectivity index (χ3n) is 9.61. The number of esters is 2. The van der Waals surface area contributed by atoms with E-state index in [1.54, 1.807) is 59.4 Å². The van der Waals surface area contributed by atoms with Gasteiger partial charge in [-0.1, -0.05) is 71.6 Å². The summed E-state index contributed by atoms with van der Waals surface area (Å²) in [6, 6.07) is 6.17. The van der Waals surface area contributed by atoms with Gasteiger partial charge in [-0.25, -0.2) is 32.3 Å². The summed E-state index contributed by atoms with van der Waals surface area (Å²) < 4.78 is 130. The first kappa shape index (κ1) is 56.1. The Morgan fingerprint density at radius 1 is 0.791 bits per heavy atom. The molecule has 19 nitrogen and oxygen atoms in total. The van der Waals surface area contributed by atoms with Crippen LogP contribution in [0.1, 0.15) is 67.2 Å². The first-order chi connectivity index (χ1) is 31.7. The van der Waals surface area contributed by atoms with Crippen molar-refractivity contribution < 1.29 is 78.1 Å². The Hall–Kier alpha value is -5.22. The number of nitrogen functional groups attached to an aromatic ring is 1. The van der Waals surface area contributed by atoms with Gasteiger partial charge in [-0.3, -0.25) is 14.1 Å². The fourth-order valence-corrected chi connectivity index (χ4v) is 8.01. The van der Waals surface area contributed by atoms with E-state index in [4.69, 9.17) is 33.7 Å². The lowest BCUT2D eigenvalue weighted by Gasteiger charge is -2.23. The zero-order valence-corrected chi connectivity index (χ0v) is 39.7. The number of aromatic nitrogens is 4. The summed E-state index contributed by atoms with van der Waals surface area (Å²) in [5, 5.41) is 4.39. The van der Waals surface area contributed by atoms with Gasteiger partial charge in [0.15, 0.2) is 0 Å². The third-order valence-corrected chi connectivity index (χ3v) is 12.4. The van der Waals surface area contributed by atoms with Crippen molar-refractivity contribution in [1.82, 2.24) is 29.7 Å². The van der Waals surface area contributed by atoms with E-state index in [9.17, 15) is 45.6 Å². The molecule has 0 amide bonds. The maximum Gasteiger partial charge on any atom is 0.459 e. The lowest BCUT2D eigenvalue weighted by molar-refractivity contribution is -0.147. The zero-order chi connectivity index (χ0) is 49.9. The van der Waals surface area contributed by atoms with E-state index in [0.717, 1.165) is 32.6 Å². The first-order valence-corrected chi connectivity index (χ1v) is 24.0. The molecule has 0 bridgehead atoms. The van der Waals surface area contributed by atoms with Crippen molar-refractivity contribution in [3.63, 3.8) is 0 Å². The van der Waals surface area contributed by atoms with Crippen molar-refractivity contribution >= 4 is 33.4 Å². The van der Waals surface area contributed by atoms with Crippen LogP contribution in [0.2, 0.25) is 0 Å². The molecule has 4 aromatic rings. The van der Waals surface area contributed by atoms with Gasteiger partial charge < -0.3 is 43.2 Å². The molecule has 2 heterocycles. The largest absolute Gasteiger partial charge is 0.480 e. The van der Waals surface area contributed by atoms with Crippen molar-refractivity contribution in [2.75, 3.05) is 39.3 Å². The summed E-state index contributed by atoms with van der Waals surface area (Å²) in [5.41, 5.74) is 6.77. The van der Waals surface area contributed by atoms with Gasteiger partial charge in [0, 0.05) is 12.4 Å². The van der Waals surface area contributed by atoms with E-state index in [1.165, 1.54) is 13.3 Å². The topological polar surface area (TPSA) is 247 Å². The Labute approximate surface area is 384 Å². The molecule has 2 unspecified atom stereocenters. The molecule has 67 heavy (non-hydrogen) atoms. The zero-order valence-electron chi connectivity index (χ0n) is 37.9. The van der Waals surface area contributed by atoms with Crippen molar-refractivity contribution in [3.8, 4) is 28.6 Å². The summed E-state index contributed by atoms with van der Waals surface area (Å²) in [6.45, 7) is 11.0. The van der Waals surface area contributed by atoms with Gasteiger partial charge in [-0.15, -0.1) is 0 Å². The van der Waals surface area contributed by atoms with Gasteiger partial charge in [0.05, 0.1) is 51.1 Å². The molecule has 0 saturated heterocycles. The van der Waals surface area contributed by atoms with Gasteiger partial charge in [0.25, 0.3) is 0 Å². The molecule has 0 saturated carbocycles. The standard InChI is InChI=1S/C26H37N6O7P.C15H19F5NO5P/c1-5-20(6-2)16-37-25(33)19(3)31-40(34,39-21-10-8-7-9-11-21)38-13-12-36-18-32-15-23(29-17-32)22-14-28-26(27)30-24(22)35-4;1-4-8(5-2)6-25-15(22)7(3)21-27(23,24)26-14-12(19)10(17)9(16)11(18)13(14)20/h7-11,14-15,17,19-20H,5-6,12-13,16,18H2,1-4H3,(H,31,34)(H2,27,28,30);7-8H,4-6H2,1-3H3,(H2,21,23,24)/t19-,40?;7-/m00/s1. The number of rotatable bonds is 26. The van der Waals surface area contributed by atoms with Gasteiger partial charge in [-0.2, -0.15) is 23.9 Å². The van der Waals surface area contributed by atoms with Crippen LogP contribution >= 0.6 is 15.5 Å². The molecule has 0 aliphatic carbocycles. The number of hydrogen-bond donors (Lipinski definition) is 4. The van der Waals surface area contributed by atoms with Crippen molar-refractivity contribution in [2.24, 2.45) is 11.8 Å². The van der Waals surface area contributed by atoms with E-state index in [2.05, 4.69) is 24.6 Å². The summed E-state index contributed by atoms with van der Waals surface area (Å²) in [6.07, 6.45) is 8.09. The van der Waals surface area contributed by atoms with Gasteiger partial charge in [-0.05, 0) is 37.8 Å². The van der Waals surface area contributed by atoms with E-state index < -0.39 is 74.4 Å². The van der Waals surface area contributed by atoms with E-state index in [1.807, 2.05) is 27.7 Å². The number of nitrogens with two attached hydrogens (primary N) is 1. The average Bonchev–Trinajstić information content (AvgIpc) is 3.78. The molecule has 2 aromatic heterocycles. The number of carbonyl (C=O) groups excluding carboxylic acids is 2. The number of ether oxygens (including phenoxy) is 4. The summed E-state index contributed by atoms with van der Waals surface area (Å²) in [5.74, 6) is -14.4. The summed E-state index contributed by atoms with van der Waals surface area (Å²) >= 11 is 0. The molecule has 372 valence electrons. The number of nitrogens with zero attached hydrogens (tertiary/aromatic N) is 4. The van der Waals surface area contributed by atoms with Crippen LogP contribution in [0, 0.1) is 40.9 Å². The molecule has 4 rings (SSSR count).